The van der Waals surface area contributed by atoms with Crippen LogP contribution in [0.5, 0.6) is 0 Å². The number of carbonyl (C=O) groups excluding carboxylic acids is 1. The molecule has 0 spiro atoms. The normalized spacial score (nSPS) is 13.7. The van der Waals surface area contributed by atoms with E-state index in [0.717, 1.165) is 38.5 Å². The van der Waals surface area contributed by atoms with Crippen molar-refractivity contribution in [3.63, 3.8) is 0 Å². The van der Waals surface area contributed by atoms with Gasteiger partial charge in [-0.3, -0.25) is 4.79 Å². The van der Waals surface area contributed by atoms with Gasteiger partial charge in [0.1, 0.15) is 0 Å². The van der Waals surface area contributed by atoms with E-state index in [4.69, 9.17) is 4.74 Å². The van der Waals surface area contributed by atoms with Gasteiger partial charge in [0.05, 0.1) is 12.7 Å². The number of unbranched alkanes of at least 4 members (excludes halogenated alkanes) is 8. The Balaban J connectivity index is 4.10. The summed E-state index contributed by atoms with van der Waals surface area (Å²) in [5.41, 5.74) is 0. The maximum Gasteiger partial charge on any atom is 0.305 e. The lowest BCUT2D eigenvalue weighted by Gasteiger charge is -2.23. The maximum atomic E-state index is 11.9. The van der Waals surface area contributed by atoms with Gasteiger partial charge < -0.3 is 9.84 Å². The van der Waals surface area contributed by atoms with E-state index in [9.17, 15) is 9.90 Å². The average molecular weight is 343 g/mol. The number of hydrogen-bond donors (Lipinski definition) is 1. The lowest BCUT2D eigenvalue weighted by Crippen LogP contribution is -2.26. The third-order valence-corrected chi connectivity index (χ3v) is 4.77. The summed E-state index contributed by atoms with van der Waals surface area (Å²) < 4.78 is 5.46. The largest absolute Gasteiger partial charge is 0.465 e. The molecule has 0 unspecified atom stereocenters. The zero-order valence-corrected chi connectivity index (χ0v) is 16.5. The van der Waals surface area contributed by atoms with E-state index in [1.165, 1.54) is 44.9 Å². The predicted molar refractivity (Wildman–Crippen MR) is 102 cm³/mol. The summed E-state index contributed by atoms with van der Waals surface area (Å²) in [4.78, 5) is 11.9. The van der Waals surface area contributed by atoms with Crippen molar-refractivity contribution in [2.45, 2.75) is 117 Å². The van der Waals surface area contributed by atoms with Gasteiger partial charge in [0, 0.05) is 12.3 Å². The molecule has 24 heavy (non-hydrogen) atoms. The fourth-order valence-electron chi connectivity index (χ4n) is 3.03. The molecule has 0 aliphatic carbocycles. The van der Waals surface area contributed by atoms with Crippen LogP contribution in [-0.4, -0.2) is 23.8 Å². The van der Waals surface area contributed by atoms with Gasteiger partial charge in [0.2, 0.25) is 0 Å². The van der Waals surface area contributed by atoms with Crippen LogP contribution in [0.1, 0.15) is 111 Å². The second-order valence-electron chi connectivity index (χ2n) is 7.17. The van der Waals surface area contributed by atoms with Crippen molar-refractivity contribution >= 4 is 5.97 Å². The van der Waals surface area contributed by atoms with Gasteiger partial charge in [0.15, 0.2) is 0 Å². The van der Waals surface area contributed by atoms with Gasteiger partial charge in [-0.1, -0.05) is 85.0 Å². The van der Waals surface area contributed by atoms with Gasteiger partial charge in [-0.15, -0.1) is 0 Å². The molecule has 0 aromatic carbocycles. The summed E-state index contributed by atoms with van der Waals surface area (Å²) >= 11 is 0. The molecule has 0 fully saturated rings. The van der Waals surface area contributed by atoms with Crippen molar-refractivity contribution in [1.82, 2.24) is 0 Å². The fraction of sp³-hybridized carbons (Fsp3) is 0.952. The zero-order chi connectivity index (χ0) is 18.0. The van der Waals surface area contributed by atoms with Crippen molar-refractivity contribution in [2.75, 3.05) is 6.61 Å². The summed E-state index contributed by atoms with van der Waals surface area (Å²) in [7, 11) is 0. The zero-order valence-electron chi connectivity index (χ0n) is 16.5. The van der Waals surface area contributed by atoms with Crippen molar-refractivity contribution in [1.29, 1.82) is 0 Å². The fourth-order valence-corrected chi connectivity index (χ4v) is 3.03. The van der Waals surface area contributed by atoms with E-state index in [0.29, 0.717) is 13.0 Å². The molecule has 0 saturated carbocycles. The molecule has 0 aliphatic rings. The number of aliphatic hydroxyl groups excluding tert-OH is 1. The Morgan fingerprint density at radius 1 is 0.792 bits per heavy atom. The van der Waals surface area contributed by atoms with Crippen molar-refractivity contribution < 1.29 is 14.6 Å². The molecular weight excluding hydrogens is 300 g/mol. The minimum atomic E-state index is -0.327. The molecule has 0 bridgehead atoms. The van der Waals surface area contributed by atoms with Crippen LogP contribution in [0.25, 0.3) is 0 Å². The molecule has 144 valence electrons. The molecule has 0 rings (SSSR count). The Labute approximate surface area is 150 Å². The quantitative estimate of drug-likeness (QED) is 0.259. The molecule has 3 heteroatoms. The second-order valence-corrected chi connectivity index (χ2v) is 7.17. The molecule has 0 radical (unpaired) electrons. The van der Waals surface area contributed by atoms with Gasteiger partial charge in [-0.25, -0.2) is 0 Å². The van der Waals surface area contributed by atoms with Crippen LogP contribution in [0.2, 0.25) is 0 Å². The Kier molecular flexibility index (Phi) is 16.8. The highest BCUT2D eigenvalue weighted by Gasteiger charge is 2.20. The number of hydrogen-bond acceptors (Lipinski definition) is 3. The van der Waals surface area contributed by atoms with E-state index in [1.54, 1.807) is 0 Å². The lowest BCUT2D eigenvalue weighted by atomic mass is 9.92. The number of aliphatic hydroxyl groups is 1. The SMILES string of the molecule is CCCCCCC(=O)OC[C@@H](CCCCC)[C@@H](O)CCCCCC. The van der Waals surface area contributed by atoms with E-state index in [-0.39, 0.29) is 18.0 Å². The summed E-state index contributed by atoms with van der Waals surface area (Å²) in [5, 5.41) is 10.5. The van der Waals surface area contributed by atoms with Gasteiger partial charge in [-0.05, 0) is 19.3 Å². The Hall–Kier alpha value is -0.570. The van der Waals surface area contributed by atoms with Crippen LogP contribution in [0.4, 0.5) is 0 Å². The number of ether oxygens (including phenoxy) is 1. The molecular formula is C21H42O3. The first-order valence-electron chi connectivity index (χ1n) is 10.5. The maximum absolute atomic E-state index is 11.9. The third-order valence-electron chi connectivity index (χ3n) is 4.77. The van der Waals surface area contributed by atoms with Gasteiger partial charge >= 0.3 is 5.97 Å². The van der Waals surface area contributed by atoms with E-state index < -0.39 is 0 Å². The van der Waals surface area contributed by atoms with Crippen LogP contribution in [0, 0.1) is 5.92 Å². The Bertz CT molecular complexity index is 278. The smallest absolute Gasteiger partial charge is 0.305 e. The van der Waals surface area contributed by atoms with E-state index >= 15 is 0 Å². The minimum Gasteiger partial charge on any atom is -0.465 e. The number of esters is 1. The molecule has 1 N–H and O–H groups in total. The highest BCUT2D eigenvalue weighted by Crippen LogP contribution is 2.20. The van der Waals surface area contributed by atoms with Crippen LogP contribution in [-0.2, 0) is 9.53 Å². The predicted octanol–water partition coefficient (Wildman–Crippen LogP) is 6.03. The van der Waals surface area contributed by atoms with Crippen LogP contribution < -0.4 is 0 Å². The summed E-state index contributed by atoms with van der Waals surface area (Å²) in [6.45, 7) is 6.95. The minimum absolute atomic E-state index is 0.0928. The molecule has 0 aromatic heterocycles. The van der Waals surface area contributed by atoms with E-state index in [2.05, 4.69) is 20.8 Å². The van der Waals surface area contributed by atoms with Crippen LogP contribution >= 0.6 is 0 Å². The first kappa shape index (κ1) is 23.4. The van der Waals surface area contributed by atoms with Crippen LogP contribution in [0.3, 0.4) is 0 Å². The lowest BCUT2D eigenvalue weighted by molar-refractivity contribution is -0.146. The highest BCUT2D eigenvalue weighted by molar-refractivity contribution is 5.69. The monoisotopic (exact) mass is 342 g/mol. The molecule has 0 aliphatic heterocycles. The van der Waals surface area contributed by atoms with Gasteiger partial charge in [-0.2, -0.15) is 0 Å². The summed E-state index contributed by atoms with van der Waals surface area (Å²) in [6.07, 6.45) is 14.6. The highest BCUT2D eigenvalue weighted by atomic mass is 16.5. The topological polar surface area (TPSA) is 46.5 Å². The first-order chi connectivity index (χ1) is 11.7. The van der Waals surface area contributed by atoms with Crippen molar-refractivity contribution in [3.05, 3.63) is 0 Å². The van der Waals surface area contributed by atoms with E-state index in [1.807, 2.05) is 0 Å². The third kappa shape index (κ3) is 13.8. The summed E-state index contributed by atoms with van der Waals surface area (Å²) in [5.74, 6) is 0.0162. The number of rotatable bonds is 17. The van der Waals surface area contributed by atoms with Crippen molar-refractivity contribution in [3.8, 4) is 0 Å². The molecule has 3 nitrogen and oxygen atoms in total. The van der Waals surface area contributed by atoms with Crippen molar-refractivity contribution in [2.24, 2.45) is 5.92 Å². The molecule has 2 atom stereocenters. The molecule has 0 saturated heterocycles. The first-order valence-corrected chi connectivity index (χ1v) is 10.5. The Morgan fingerprint density at radius 3 is 1.96 bits per heavy atom. The standard InChI is InChI=1S/C21H42O3/c1-4-7-10-13-16-20(22)19(15-12-9-6-3)18-24-21(23)17-14-11-8-5-2/h19-20,22H,4-18H2,1-3H3/t19-,20+/m1/s1. The molecule has 0 aromatic rings. The van der Waals surface area contributed by atoms with Gasteiger partial charge in [0.25, 0.3) is 0 Å². The molecule has 0 heterocycles. The second kappa shape index (κ2) is 17.3. The Morgan fingerprint density at radius 2 is 1.33 bits per heavy atom. The average Bonchev–Trinajstić information content (AvgIpc) is 2.58. The number of carbonyl (C=O) groups is 1. The molecule has 0 amide bonds. The summed E-state index contributed by atoms with van der Waals surface area (Å²) in [6, 6.07) is 0. The van der Waals surface area contributed by atoms with Crippen LogP contribution in [0.15, 0.2) is 0 Å².